The van der Waals surface area contributed by atoms with Gasteiger partial charge in [0.15, 0.2) is 34.5 Å². The van der Waals surface area contributed by atoms with E-state index in [2.05, 4.69) is 57.2 Å². The lowest BCUT2D eigenvalue weighted by molar-refractivity contribution is -0.305. The van der Waals surface area contributed by atoms with E-state index < -0.39 is 64.3 Å². The van der Waals surface area contributed by atoms with Crippen molar-refractivity contribution in [3.8, 4) is 34.5 Å². The number of hydrogen-bond acceptors (Lipinski definition) is 14. The van der Waals surface area contributed by atoms with Gasteiger partial charge in [-0.3, -0.25) is 9.59 Å². The number of ether oxygens (including phenoxy) is 2. The molecule has 82 heavy (non-hydrogen) atoms. The molecule has 0 amide bonds. The van der Waals surface area contributed by atoms with Crippen LogP contribution in [0.2, 0.25) is 0 Å². The van der Waals surface area contributed by atoms with E-state index in [1.165, 1.54) is 154 Å². The first-order valence-corrected chi connectivity index (χ1v) is 31.8. The fourth-order valence-corrected chi connectivity index (χ4v) is 8.89. The summed E-state index contributed by atoms with van der Waals surface area (Å²) in [7, 11) is 0. The molecule has 2 rings (SSSR count). The zero-order chi connectivity index (χ0) is 60.7. The van der Waals surface area contributed by atoms with Crippen LogP contribution >= 0.6 is 0 Å². The van der Waals surface area contributed by atoms with Crippen molar-refractivity contribution in [2.75, 3.05) is 0 Å². The van der Waals surface area contributed by atoms with Gasteiger partial charge in [-0.05, 0) is 127 Å². The number of phenols is 6. The van der Waals surface area contributed by atoms with Crippen LogP contribution in [0.15, 0.2) is 60.7 Å². The summed E-state index contributed by atoms with van der Waals surface area (Å²) in [5.74, 6) is -8.22. The molecule has 0 unspecified atom stereocenters. The molecule has 0 aliphatic heterocycles. The van der Waals surface area contributed by atoms with Crippen molar-refractivity contribution in [1.82, 2.24) is 0 Å². The lowest BCUT2D eigenvalue weighted by Crippen LogP contribution is -2.21. The molecular weight excluding hydrogens is 1040 g/mol. The fourth-order valence-electron chi connectivity index (χ4n) is 8.89. The summed E-state index contributed by atoms with van der Waals surface area (Å²) in [6.45, 7) is 6.73. The highest BCUT2D eigenvalue weighted by molar-refractivity contribution is 5.98. The van der Waals surface area contributed by atoms with Gasteiger partial charge in [0.1, 0.15) is 0 Å². The van der Waals surface area contributed by atoms with Crippen LogP contribution in [0.5, 0.6) is 34.5 Å². The van der Waals surface area contributed by atoms with Gasteiger partial charge >= 0.3 is 23.9 Å². The summed E-state index contributed by atoms with van der Waals surface area (Å²) < 4.78 is 9.43. The number of aliphatic carboxylic acids is 1. The Bertz CT molecular complexity index is 1890. The summed E-state index contributed by atoms with van der Waals surface area (Å²) in [6, 6.07) is 3.75. The lowest BCUT2D eigenvalue weighted by Gasteiger charge is -2.06. The van der Waals surface area contributed by atoms with Crippen LogP contribution in [-0.4, -0.2) is 60.5 Å². The maximum Gasteiger partial charge on any atom is 0.346 e. The average Bonchev–Trinajstić information content (AvgIpc) is 3.44. The van der Waals surface area contributed by atoms with Gasteiger partial charge in [0.25, 0.3) is 0 Å². The van der Waals surface area contributed by atoms with E-state index in [0.717, 1.165) is 108 Å². The lowest BCUT2D eigenvalue weighted by atomic mass is 10.1. The van der Waals surface area contributed by atoms with E-state index in [1.807, 2.05) is 0 Å². The van der Waals surface area contributed by atoms with E-state index in [9.17, 15) is 59.7 Å². The Labute approximate surface area is 493 Å². The van der Waals surface area contributed by atoms with Crippen molar-refractivity contribution in [3.05, 3.63) is 71.8 Å². The molecule has 6 N–H and O–H groups in total. The molecule has 2 aromatic rings. The summed E-state index contributed by atoms with van der Waals surface area (Å²) in [5, 5.41) is 66.4. The number of carbonyl (C=O) groups excluding carboxylic acids is 5. The van der Waals surface area contributed by atoms with Crippen LogP contribution in [0.4, 0.5) is 0 Å². The Morgan fingerprint density at radius 3 is 0.768 bits per heavy atom. The molecular formula is C68H109O14-. The maximum absolute atomic E-state index is 11.9. The van der Waals surface area contributed by atoms with Gasteiger partial charge in [0.2, 0.25) is 0 Å². The number of allylic oxidation sites excluding steroid dienone is 6. The molecule has 0 radical (unpaired) electrons. The molecule has 0 spiro atoms. The van der Waals surface area contributed by atoms with Gasteiger partial charge in [0.05, 0.1) is 11.1 Å². The normalized spacial score (nSPS) is 11.2. The van der Waals surface area contributed by atoms with Gasteiger partial charge in [0, 0.05) is 18.8 Å². The number of carboxylic acids is 1. The highest BCUT2D eigenvalue weighted by atomic mass is 16.6. The minimum absolute atomic E-state index is 0.139. The van der Waals surface area contributed by atoms with E-state index in [4.69, 9.17) is 9.47 Å². The summed E-state index contributed by atoms with van der Waals surface area (Å²) >= 11 is 0. The van der Waals surface area contributed by atoms with Crippen molar-refractivity contribution < 1.29 is 69.2 Å². The van der Waals surface area contributed by atoms with Crippen molar-refractivity contribution >= 4 is 29.8 Å². The van der Waals surface area contributed by atoms with E-state index in [-0.39, 0.29) is 30.4 Å². The number of aromatic hydroxyl groups is 6. The Morgan fingerprint density at radius 1 is 0.329 bits per heavy atom. The van der Waals surface area contributed by atoms with Crippen LogP contribution in [0.3, 0.4) is 0 Å². The largest absolute Gasteiger partial charge is 0.550 e. The minimum atomic E-state index is -0.969. The topological polar surface area (TPSA) is 248 Å². The summed E-state index contributed by atoms with van der Waals surface area (Å²) in [6.07, 6.45) is 60.5. The predicted octanol–water partition coefficient (Wildman–Crippen LogP) is 17.8. The first-order chi connectivity index (χ1) is 39.7. The van der Waals surface area contributed by atoms with Crippen LogP contribution in [0.1, 0.15) is 311 Å². The van der Waals surface area contributed by atoms with Crippen LogP contribution < -0.4 is 5.11 Å². The molecule has 0 aromatic heterocycles. The number of benzene rings is 2. The van der Waals surface area contributed by atoms with Crippen LogP contribution in [0, 0.1) is 0 Å². The Kier molecular flexibility index (Phi) is 50.6. The molecule has 0 aliphatic rings. The molecule has 2 aromatic carbocycles. The predicted molar refractivity (Wildman–Crippen MR) is 327 cm³/mol. The smallest absolute Gasteiger partial charge is 0.346 e. The van der Waals surface area contributed by atoms with Gasteiger partial charge in [-0.2, -0.15) is 0 Å². The maximum atomic E-state index is 11.9. The zero-order valence-corrected chi connectivity index (χ0v) is 50.9. The van der Waals surface area contributed by atoms with E-state index in [0.29, 0.717) is 12.8 Å². The number of carbonyl (C=O) groups is 5. The van der Waals surface area contributed by atoms with Crippen molar-refractivity contribution in [1.29, 1.82) is 0 Å². The van der Waals surface area contributed by atoms with Gasteiger partial charge in [-0.15, -0.1) is 0 Å². The van der Waals surface area contributed by atoms with Gasteiger partial charge in [-0.1, -0.05) is 211 Å². The number of rotatable bonds is 47. The standard InChI is InChI=1S/2C25H38O6.C18H34O2/c2*1-2-3-4-5-6-7-8-9-10-11-12-13-14-15-16-17-23(28)31-25(30)20-18-21(26)24(29)22(27)19-20;1-2-3-4-5-6-7-8-9-10-11-12-13-14-15-16-17-18(19)20/h2*9-10,18-19,26-27,29H,2-8,11-17H2,1H3;9-10H,2-8,11-17H2,1H3,(H,19,20)/p-1/b3*10-9-. The number of phenolic OH excluding ortho intramolecular Hbond substituents is 6. The van der Waals surface area contributed by atoms with Crippen LogP contribution in [0.25, 0.3) is 0 Å². The molecule has 0 aliphatic carbocycles. The van der Waals surface area contributed by atoms with Crippen molar-refractivity contribution in [2.45, 2.75) is 290 Å². The molecule has 0 atom stereocenters. The third kappa shape index (κ3) is 45.8. The molecule has 14 heteroatoms. The summed E-state index contributed by atoms with van der Waals surface area (Å²) in [5.41, 5.74) is -0.406. The second kappa shape index (κ2) is 54.5. The molecule has 466 valence electrons. The highest BCUT2D eigenvalue weighted by Crippen LogP contribution is 2.36. The first-order valence-electron chi connectivity index (χ1n) is 31.8. The molecule has 0 saturated carbocycles. The Morgan fingerprint density at radius 2 is 0.537 bits per heavy atom. The van der Waals surface area contributed by atoms with Gasteiger partial charge in [-0.25, -0.2) is 9.59 Å². The van der Waals surface area contributed by atoms with E-state index in [1.54, 1.807) is 0 Å². The zero-order valence-electron chi connectivity index (χ0n) is 50.9. The fraction of sp³-hybridized carbons (Fsp3) is 0.662. The SMILES string of the molecule is CCCCCCCC/C=C\CCCCCCCC(=O)OC(=O)c1cc(O)c(O)c(O)c1.CCCCCCCC/C=C\CCCCCCCC(=O)OC(=O)c1cc(O)c(O)c(O)c1.CCCCCCCC/C=C\CCCCCCCC(=O)[O-]. The molecule has 0 heterocycles. The Hall–Kier alpha value is -5.79. The first kappa shape index (κ1) is 76.2. The quantitative estimate of drug-likeness (QED) is 0.0119. The average molecular weight is 1150 g/mol. The molecule has 14 nitrogen and oxygen atoms in total. The highest BCUT2D eigenvalue weighted by Gasteiger charge is 2.19. The van der Waals surface area contributed by atoms with Crippen LogP contribution in [-0.2, 0) is 23.9 Å². The number of carboxylic acid groups (broad SMARTS) is 1. The second-order valence-corrected chi connectivity index (χ2v) is 21.6. The third-order valence-electron chi connectivity index (χ3n) is 14.0. The van der Waals surface area contributed by atoms with Crippen molar-refractivity contribution in [2.24, 2.45) is 0 Å². The van der Waals surface area contributed by atoms with Gasteiger partial charge < -0.3 is 50.0 Å². The summed E-state index contributed by atoms with van der Waals surface area (Å²) in [4.78, 5) is 57.5. The van der Waals surface area contributed by atoms with E-state index >= 15 is 0 Å². The minimum Gasteiger partial charge on any atom is -0.550 e. The number of hydrogen-bond donors (Lipinski definition) is 6. The number of unbranched alkanes of at least 4 members (excludes halogenated alkanes) is 33. The second-order valence-electron chi connectivity index (χ2n) is 21.6. The number of esters is 4. The monoisotopic (exact) mass is 1150 g/mol. The molecule has 0 bridgehead atoms. The Balaban J connectivity index is 0.00000123. The molecule has 0 saturated heterocycles. The van der Waals surface area contributed by atoms with Crippen molar-refractivity contribution in [3.63, 3.8) is 0 Å². The third-order valence-corrected chi connectivity index (χ3v) is 14.0. The molecule has 0 fully saturated rings.